The number of likely N-dealkylation sites (tertiary alicyclic amines) is 1. The van der Waals surface area contributed by atoms with Crippen LogP contribution in [0.1, 0.15) is 134 Å². The van der Waals surface area contributed by atoms with Crippen molar-refractivity contribution in [3.8, 4) is 0 Å². The monoisotopic (exact) mass is 876 g/mol. The highest BCUT2D eigenvalue weighted by atomic mass is 19.1. The molecule has 4 aliphatic heterocycles. The van der Waals surface area contributed by atoms with E-state index in [1.807, 2.05) is 6.20 Å². The Bertz CT molecular complexity index is 2170. The minimum atomic E-state index is -0.471. The number of anilines is 5. The van der Waals surface area contributed by atoms with E-state index in [9.17, 15) is 8.78 Å². The normalized spacial score (nSPS) is 21.8. The highest BCUT2D eigenvalue weighted by molar-refractivity contribution is 5.76. The third-order valence-corrected chi connectivity index (χ3v) is 14.8. The predicted molar refractivity (Wildman–Crippen MR) is 264 cm³/mol. The molecule has 0 bridgehead atoms. The summed E-state index contributed by atoms with van der Waals surface area (Å²) in [5.41, 5.74) is 9.54. The number of halogens is 2. The lowest BCUT2D eigenvalue weighted by Crippen LogP contribution is -2.62. The van der Waals surface area contributed by atoms with Crippen LogP contribution in [0.2, 0.25) is 0 Å². The smallest absolute Gasteiger partial charge is 0.229 e. The van der Waals surface area contributed by atoms with Crippen molar-refractivity contribution in [2.75, 3.05) is 60.3 Å². The number of hydrogen-bond acceptors (Lipinski definition) is 9. The molecule has 1 aliphatic carbocycles. The largest absolute Gasteiger partial charge is 0.380 e. The SMILES string of the molecule is C=C(NC1(CCC)CC2(CCN(C)CC2)C1)c1ccc(Nc2ncc3c(n2)N(C(C)C)C(CC)C(=C)N3C)c(CC)c1.C=C1CCC(c2c(F)cc(N3CCCCC3)cc2F)C(=C)N1. The summed E-state index contributed by atoms with van der Waals surface area (Å²) in [5.74, 6) is 0.304. The average Bonchev–Trinajstić information content (AvgIpc) is 3.26. The molecule has 2 atom stereocenters. The molecule has 1 saturated carbocycles. The summed E-state index contributed by atoms with van der Waals surface area (Å²) in [7, 11) is 4.32. The predicted octanol–water partition coefficient (Wildman–Crippen LogP) is 11.8. The Kier molecular flexibility index (Phi) is 14.5. The Morgan fingerprint density at radius 3 is 2.25 bits per heavy atom. The summed E-state index contributed by atoms with van der Waals surface area (Å²) >= 11 is 0. The first-order chi connectivity index (χ1) is 30.6. The van der Waals surface area contributed by atoms with Crippen molar-refractivity contribution >= 4 is 34.5 Å². The number of nitrogens with one attached hydrogen (secondary N) is 3. The zero-order valence-corrected chi connectivity index (χ0v) is 40.0. The first-order valence-corrected chi connectivity index (χ1v) is 24.1. The van der Waals surface area contributed by atoms with E-state index in [1.54, 1.807) is 0 Å². The third-order valence-electron chi connectivity index (χ3n) is 14.8. The summed E-state index contributed by atoms with van der Waals surface area (Å²) in [4.78, 5) is 18.8. The molecule has 3 aromatic rings. The lowest BCUT2D eigenvalue weighted by atomic mass is 9.52. The minimum Gasteiger partial charge on any atom is -0.380 e. The van der Waals surface area contributed by atoms with Gasteiger partial charge in [0.1, 0.15) is 17.3 Å². The number of benzene rings is 2. The number of nitrogens with zero attached hydrogens (tertiary/aromatic N) is 6. The topological polar surface area (TPSA) is 74.8 Å². The van der Waals surface area contributed by atoms with E-state index >= 15 is 0 Å². The van der Waals surface area contributed by atoms with Gasteiger partial charge >= 0.3 is 0 Å². The number of piperidine rings is 3. The van der Waals surface area contributed by atoms with Gasteiger partial charge in [0, 0.05) is 77.4 Å². The van der Waals surface area contributed by atoms with Crippen LogP contribution in [-0.4, -0.2) is 72.8 Å². The fourth-order valence-corrected chi connectivity index (χ4v) is 11.3. The highest BCUT2D eigenvalue weighted by Crippen LogP contribution is 2.57. The van der Waals surface area contributed by atoms with Gasteiger partial charge in [0.05, 0.1) is 12.2 Å². The summed E-state index contributed by atoms with van der Waals surface area (Å²) in [6.07, 6.45) is 16.1. The highest BCUT2D eigenvalue weighted by Gasteiger charge is 2.54. The van der Waals surface area contributed by atoms with Crippen molar-refractivity contribution in [2.45, 2.75) is 142 Å². The maximum atomic E-state index is 14.6. The van der Waals surface area contributed by atoms with Crippen LogP contribution in [-0.2, 0) is 6.42 Å². The van der Waals surface area contributed by atoms with E-state index < -0.39 is 11.6 Å². The van der Waals surface area contributed by atoms with Gasteiger partial charge in [-0.25, -0.2) is 13.8 Å². The zero-order valence-electron chi connectivity index (χ0n) is 40.0. The van der Waals surface area contributed by atoms with Gasteiger partial charge < -0.3 is 35.6 Å². The Morgan fingerprint density at radius 2 is 1.64 bits per heavy atom. The molecule has 3 saturated heterocycles. The number of rotatable bonds is 12. The Balaban J connectivity index is 0.000000233. The van der Waals surface area contributed by atoms with Gasteiger partial charge in [0.2, 0.25) is 5.95 Å². The first-order valence-electron chi connectivity index (χ1n) is 24.1. The maximum Gasteiger partial charge on any atom is 0.229 e. The van der Waals surface area contributed by atoms with Crippen molar-refractivity contribution in [1.29, 1.82) is 0 Å². The molecule has 3 N–H and O–H groups in total. The molecule has 1 aromatic heterocycles. The Morgan fingerprint density at radius 1 is 0.953 bits per heavy atom. The lowest BCUT2D eigenvalue weighted by molar-refractivity contribution is -0.0404. The second-order valence-electron chi connectivity index (χ2n) is 19.7. The molecule has 9 nitrogen and oxygen atoms in total. The molecule has 4 fully saturated rings. The number of likely N-dealkylation sites (N-methyl/N-ethyl adjacent to an activating group) is 1. The summed E-state index contributed by atoms with van der Waals surface area (Å²) in [6, 6.07) is 10.1. The van der Waals surface area contributed by atoms with Crippen LogP contribution < -0.4 is 30.7 Å². The Hall–Kier alpha value is -4.90. The van der Waals surface area contributed by atoms with Crippen molar-refractivity contribution in [3.05, 3.63) is 108 Å². The van der Waals surface area contributed by atoms with Crippen LogP contribution in [0.4, 0.5) is 37.6 Å². The third kappa shape index (κ3) is 9.85. The van der Waals surface area contributed by atoms with Gasteiger partial charge in [-0.05, 0) is 152 Å². The van der Waals surface area contributed by atoms with Crippen molar-refractivity contribution in [3.63, 3.8) is 0 Å². The van der Waals surface area contributed by atoms with Gasteiger partial charge in [-0.3, -0.25) is 0 Å². The first kappa shape index (κ1) is 47.1. The van der Waals surface area contributed by atoms with Crippen LogP contribution in [0, 0.1) is 17.0 Å². The Labute approximate surface area is 383 Å². The number of allylic oxidation sites excluding steroid dienone is 2. The second-order valence-corrected chi connectivity index (χ2v) is 19.7. The number of hydrogen-bond donors (Lipinski definition) is 3. The lowest BCUT2D eigenvalue weighted by Gasteiger charge is -2.60. The van der Waals surface area contributed by atoms with Gasteiger partial charge in [-0.2, -0.15) is 4.98 Å². The van der Waals surface area contributed by atoms with Gasteiger partial charge in [-0.1, -0.05) is 59.6 Å². The molecule has 64 heavy (non-hydrogen) atoms. The van der Waals surface area contributed by atoms with Gasteiger partial charge in [-0.15, -0.1) is 0 Å². The van der Waals surface area contributed by atoms with E-state index in [0.717, 1.165) is 73.1 Å². The van der Waals surface area contributed by atoms with Crippen LogP contribution in [0.15, 0.2) is 79.9 Å². The number of aryl methyl sites for hydroxylation is 1. The van der Waals surface area contributed by atoms with Crippen LogP contribution >= 0.6 is 0 Å². The molecular formula is C53H75F2N9. The van der Waals surface area contributed by atoms with E-state index in [0.29, 0.717) is 41.6 Å². The fourth-order valence-electron chi connectivity index (χ4n) is 11.3. The molecule has 2 unspecified atom stereocenters. The molecule has 2 aromatic carbocycles. The molecule has 346 valence electrons. The molecule has 5 aliphatic rings. The standard InChI is InChI=1S/C35H53N7.C18H22F2N2/c1-10-15-35(22-34(23-35)16-18-40(8)19-17-34)39-25(6)28-13-14-29(27(11-2)20-28)37-33-36-21-31-32(38-33)42(24(4)5)30(12-3)26(7)41(31)9;1-12-6-7-15(13(2)21-12)18-16(19)10-14(11-17(18)20)22-8-4-3-5-9-22/h13-14,20-21,24,30,39H,6-7,10-12,15-19,22-23H2,1-5,8-9H3,(H,36,37,38);10-11,15,21H,1-9H2. The molecular weight excluding hydrogens is 801 g/mol. The van der Waals surface area contributed by atoms with Crippen molar-refractivity contribution < 1.29 is 8.78 Å². The summed E-state index contributed by atoms with van der Waals surface area (Å²) in [5, 5.41) is 10.5. The maximum absolute atomic E-state index is 14.6. The zero-order chi connectivity index (χ0) is 45.9. The molecule has 1 spiro atoms. The van der Waals surface area contributed by atoms with E-state index in [-0.39, 0.29) is 23.1 Å². The van der Waals surface area contributed by atoms with Crippen LogP contribution in [0.25, 0.3) is 5.70 Å². The molecule has 0 radical (unpaired) electrons. The fraction of sp³-hybridized carbons (Fsp3) is 0.547. The van der Waals surface area contributed by atoms with Gasteiger partial charge in [0.15, 0.2) is 5.82 Å². The van der Waals surface area contributed by atoms with E-state index in [2.05, 4.69) is 129 Å². The van der Waals surface area contributed by atoms with E-state index in [1.165, 1.54) is 81.3 Å². The van der Waals surface area contributed by atoms with Crippen LogP contribution in [0.3, 0.4) is 0 Å². The average molecular weight is 876 g/mol. The summed E-state index contributed by atoms with van der Waals surface area (Å²) < 4.78 is 29.1. The van der Waals surface area contributed by atoms with Crippen molar-refractivity contribution in [1.82, 2.24) is 25.5 Å². The molecule has 0 amide bonds. The molecule has 11 heteroatoms. The quantitative estimate of drug-likeness (QED) is 0.165. The van der Waals surface area contributed by atoms with E-state index in [4.69, 9.17) is 9.97 Å². The number of fused-ring (bicyclic) bond motifs is 1. The second kappa shape index (κ2) is 19.7. The molecule has 8 rings (SSSR count). The summed E-state index contributed by atoms with van der Waals surface area (Å²) in [6.45, 7) is 32.0. The van der Waals surface area contributed by atoms with Gasteiger partial charge in [0.25, 0.3) is 0 Å². The molecule has 5 heterocycles. The number of aromatic nitrogens is 2. The van der Waals surface area contributed by atoms with Crippen LogP contribution in [0.5, 0.6) is 0 Å². The minimum absolute atomic E-state index is 0.130. The van der Waals surface area contributed by atoms with Crippen molar-refractivity contribution in [2.24, 2.45) is 5.41 Å².